The Morgan fingerprint density at radius 3 is 2.35 bits per heavy atom. The minimum absolute atomic E-state index is 0.123. The van der Waals surface area contributed by atoms with Gasteiger partial charge in [0.15, 0.2) is 0 Å². The number of nitrogens with zero attached hydrogens (tertiary/aromatic N) is 3. The number of likely N-dealkylation sites (N-methyl/N-ethyl adjacent to an activating group) is 2. The molecule has 0 saturated carbocycles. The zero-order valence-electron chi connectivity index (χ0n) is 20.4. The van der Waals surface area contributed by atoms with E-state index in [1.54, 1.807) is 29.2 Å². The lowest BCUT2D eigenvalue weighted by Gasteiger charge is -2.31. The molecule has 1 amide bonds. The van der Waals surface area contributed by atoms with Crippen molar-refractivity contribution in [2.45, 2.75) is 11.8 Å². The summed E-state index contributed by atoms with van der Waals surface area (Å²) in [5, 5.41) is 3.31. The molecule has 2 aromatic rings. The highest BCUT2D eigenvalue weighted by molar-refractivity contribution is 7.92. The van der Waals surface area contributed by atoms with Gasteiger partial charge in [-0.1, -0.05) is 0 Å². The second-order valence-electron chi connectivity index (χ2n) is 8.44. The SMILES string of the molecule is CCN(CCN(C)C)C(=O)c1ccc(N2CCNCC2)c(NS(=O)(=O)c2ccc(OC)cc2)c1. The van der Waals surface area contributed by atoms with E-state index in [4.69, 9.17) is 4.74 Å². The number of carbonyl (C=O) groups excluding carboxylic acids is 1. The van der Waals surface area contributed by atoms with Crippen molar-refractivity contribution in [1.29, 1.82) is 0 Å². The van der Waals surface area contributed by atoms with Crippen molar-refractivity contribution >= 4 is 27.3 Å². The van der Waals surface area contributed by atoms with Gasteiger partial charge in [0.25, 0.3) is 15.9 Å². The van der Waals surface area contributed by atoms with Crippen molar-refractivity contribution in [3.8, 4) is 5.75 Å². The maximum atomic E-state index is 13.2. The lowest BCUT2D eigenvalue weighted by atomic mass is 10.1. The van der Waals surface area contributed by atoms with E-state index >= 15 is 0 Å². The maximum Gasteiger partial charge on any atom is 0.261 e. The molecule has 3 rings (SSSR count). The number of benzene rings is 2. The lowest BCUT2D eigenvalue weighted by molar-refractivity contribution is 0.0754. The Hall–Kier alpha value is -2.82. The van der Waals surface area contributed by atoms with Crippen molar-refractivity contribution in [2.75, 3.05) is 76.6 Å². The van der Waals surface area contributed by atoms with Crippen LogP contribution in [0.4, 0.5) is 11.4 Å². The fourth-order valence-corrected chi connectivity index (χ4v) is 4.86. The predicted molar refractivity (Wildman–Crippen MR) is 135 cm³/mol. The Bertz CT molecular complexity index is 1070. The number of anilines is 2. The quantitative estimate of drug-likeness (QED) is 0.527. The molecule has 1 heterocycles. The Balaban J connectivity index is 1.95. The second-order valence-corrected chi connectivity index (χ2v) is 10.1. The number of rotatable bonds is 10. The number of hydrogen-bond acceptors (Lipinski definition) is 7. The van der Waals surface area contributed by atoms with E-state index in [-0.39, 0.29) is 10.8 Å². The van der Waals surface area contributed by atoms with Gasteiger partial charge in [0, 0.05) is 51.4 Å². The summed E-state index contributed by atoms with van der Waals surface area (Å²) in [4.78, 5) is 19.3. The third kappa shape index (κ3) is 6.40. The molecular weight excluding hydrogens is 454 g/mol. The molecule has 0 spiro atoms. The molecule has 0 aliphatic carbocycles. The molecule has 34 heavy (non-hydrogen) atoms. The average Bonchev–Trinajstić information content (AvgIpc) is 2.84. The van der Waals surface area contributed by atoms with E-state index in [0.717, 1.165) is 38.4 Å². The molecule has 2 aromatic carbocycles. The summed E-state index contributed by atoms with van der Waals surface area (Å²) in [5.41, 5.74) is 1.60. The molecule has 1 fully saturated rings. The number of piperazine rings is 1. The van der Waals surface area contributed by atoms with E-state index in [1.807, 2.05) is 32.0 Å². The van der Waals surface area contributed by atoms with Crippen molar-refractivity contribution < 1.29 is 17.9 Å². The molecule has 0 bridgehead atoms. The van der Waals surface area contributed by atoms with E-state index in [2.05, 4.69) is 14.9 Å². The molecule has 1 aliphatic heterocycles. The van der Waals surface area contributed by atoms with Crippen LogP contribution in [0, 0.1) is 0 Å². The number of ether oxygens (including phenoxy) is 1. The smallest absolute Gasteiger partial charge is 0.261 e. The van der Waals surface area contributed by atoms with Crippen LogP contribution in [0.25, 0.3) is 0 Å². The van der Waals surface area contributed by atoms with Crippen molar-refractivity contribution in [1.82, 2.24) is 15.1 Å². The van der Waals surface area contributed by atoms with Crippen LogP contribution in [0.15, 0.2) is 47.4 Å². The van der Waals surface area contributed by atoms with Crippen LogP contribution in [-0.2, 0) is 10.0 Å². The van der Waals surface area contributed by atoms with Gasteiger partial charge in [-0.25, -0.2) is 8.42 Å². The number of sulfonamides is 1. The number of nitrogens with one attached hydrogen (secondary N) is 2. The van der Waals surface area contributed by atoms with Crippen LogP contribution in [0.5, 0.6) is 5.75 Å². The van der Waals surface area contributed by atoms with Gasteiger partial charge in [-0.2, -0.15) is 0 Å². The molecule has 0 atom stereocenters. The van der Waals surface area contributed by atoms with Crippen LogP contribution in [0.1, 0.15) is 17.3 Å². The van der Waals surface area contributed by atoms with E-state index in [9.17, 15) is 13.2 Å². The van der Waals surface area contributed by atoms with Gasteiger partial charge < -0.3 is 24.8 Å². The fourth-order valence-electron chi connectivity index (χ4n) is 3.80. The van der Waals surface area contributed by atoms with Gasteiger partial charge in [0.2, 0.25) is 0 Å². The number of amides is 1. The number of methoxy groups -OCH3 is 1. The van der Waals surface area contributed by atoms with Crippen LogP contribution >= 0.6 is 0 Å². The summed E-state index contributed by atoms with van der Waals surface area (Å²) >= 11 is 0. The largest absolute Gasteiger partial charge is 0.497 e. The predicted octanol–water partition coefficient (Wildman–Crippen LogP) is 1.93. The third-order valence-corrected chi connectivity index (χ3v) is 7.18. The maximum absolute atomic E-state index is 13.2. The Labute approximate surface area is 202 Å². The second kappa shape index (κ2) is 11.5. The van der Waals surface area contributed by atoms with Gasteiger partial charge in [0.05, 0.1) is 23.4 Å². The minimum Gasteiger partial charge on any atom is -0.497 e. The van der Waals surface area contributed by atoms with Crippen LogP contribution in [0.3, 0.4) is 0 Å². The topological polar surface area (TPSA) is 94.2 Å². The molecular formula is C24H35N5O4S. The average molecular weight is 490 g/mol. The molecule has 1 saturated heterocycles. The molecule has 186 valence electrons. The first-order chi connectivity index (χ1) is 16.2. The first-order valence-electron chi connectivity index (χ1n) is 11.5. The van der Waals surface area contributed by atoms with Gasteiger partial charge >= 0.3 is 0 Å². The molecule has 0 radical (unpaired) electrons. The van der Waals surface area contributed by atoms with Gasteiger partial charge in [0.1, 0.15) is 5.75 Å². The first-order valence-corrected chi connectivity index (χ1v) is 12.9. The summed E-state index contributed by atoms with van der Waals surface area (Å²) in [5.74, 6) is 0.450. The Morgan fingerprint density at radius 1 is 1.09 bits per heavy atom. The summed E-state index contributed by atoms with van der Waals surface area (Å²) < 4.78 is 34.3. The van der Waals surface area contributed by atoms with Gasteiger partial charge in [-0.3, -0.25) is 9.52 Å². The number of hydrogen-bond donors (Lipinski definition) is 2. The lowest BCUT2D eigenvalue weighted by Crippen LogP contribution is -2.44. The monoisotopic (exact) mass is 489 g/mol. The van der Waals surface area contributed by atoms with Crippen LogP contribution < -0.4 is 19.7 Å². The van der Waals surface area contributed by atoms with E-state index in [1.165, 1.54) is 19.2 Å². The molecule has 1 aliphatic rings. The van der Waals surface area contributed by atoms with Gasteiger partial charge in [-0.15, -0.1) is 0 Å². The fraction of sp³-hybridized carbons (Fsp3) is 0.458. The summed E-state index contributed by atoms with van der Waals surface area (Å²) in [7, 11) is 1.59. The van der Waals surface area contributed by atoms with E-state index in [0.29, 0.717) is 30.1 Å². The Morgan fingerprint density at radius 2 is 1.76 bits per heavy atom. The van der Waals surface area contributed by atoms with Crippen LogP contribution in [-0.4, -0.2) is 91.1 Å². The van der Waals surface area contributed by atoms with Crippen LogP contribution in [0.2, 0.25) is 0 Å². The third-order valence-electron chi connectivity index (χ3n) is 5.80. The highest BCUT2D eigenvalue weighted by atomic mass is 32.2. The normalized spacial score (nSPS) is 14.2. The van der Waals surface area contributed by atoms with Gasteiger partial charge in [-0.05, 0) is 63.5 Å². The zero-order chi connectivity index (χ0) is 24.7. The van der Waals surface area contributed by atoms with Crippen molar-refractivity contribution in [3.63, 3.8) is 0 Å². The summed E-state index contributed by atoms with van der Waals surface area (Å²) in [6.07, 6.45) is 0. The van der Waals surface area contributed by atoms with E-state index < -0.39 is 10.0 Å². The molecule has 0 unspecified atom stereocenters. The standard InChI is InChI=1S/C24H35N5O4S/c1-5-28(17-16-27(2)3)24(30)19-6-11-23(29-14-12-25-13-15-29)22(18-19)26-34(31,32)21-9-7-20(33-4)8-10-21/h6-11,18,25-26H,5,12-17H2,1-4H3. The number of carbonyl (C=O) groups is 1. The molecule has 9 nitrogen and oxygen atoms in total. The summed E-state index contributed by atoms with van der Waals surface area (Å²) in [6.45, 7) is 6.95. The zero-order valence-corrected chi connectivity index (χ0v) is 21.2. The highest BCUT2D eigenvalue weighted by Crippen LogP contribution is 2.31. The summed E-state index contributed by atoms with van der Waals surface area (Å²) in [6, 6.07) is 11.5. The Kier molecular flexibility index (Phi) is 8.76. The highest BCUT2D eigenvalue weighted by Gasteiger charge is 2.23. The minimum atomic E-state index is -3.87. The van der Waals surface area contributed by atoms with Crippen molar-refractivity contribution in [3.05, 3.63) is 48.0 Å². The molecule has 0 aromatic heterocycles. The first kappa shape index (κ1) is 25.8. The molecule has 2 N–H and O–H groups in total. The molecule has 10 heteroatoms. The van der Waals surface area contributed by atoms with Crippen molar-refractivity contribution in [2.24, 2.45) is 0 Å².